The summed E-state index contributed by atoms with van der Waals surface area (Å²) in [6, 6.07) is 2.45. The lowest BCUT2D eigenvalue weighted by molar-refractivity contribution is 0.668. The van der Waals surface area contributed by atoms with E-state index < -0.39 is 0 Å². The average molecular weight is 261 g/mol. The topological polar surface area (TPSA) is 78.8 Å². The summed E-state index contributed by atoms with van der Waals surface area (Å²) in [6.07, 6.45) is 2.29. The first-order valence-electron chi connectivity index (χ1n) is 6.77. The largest absolute Gasteiger partial charge is 0.383 e. The van der Waals surface area contributed by atoms with Gasteiger partial charge in [-0.1, -0.05) is 6.92 Å². The van der Waals surface area contributed by atoms with Gasteiger partial charge in [-0.3, -0.25) is 0 Å². The van der Waals surface area contributed by atoms with E-state index in [1.54, 1.807) is 0 Å². The van der Waals surface area contributed by atoms with Gasteiger partial charge in [0.05, 0.1) is 12.5 Å². The second-order valence-electron chi connectivity index (χ2n) is 4.92. The number of hydrogen-bond acceptors (Lipinski definition) is 5. The second kappa shape index (κ2) is 6.93. The molecule has 104 valence electrons. The standard InChI is InChI=1S/C14H23N5/c1-5-7-12-17-13(16)11(4)14(18-12)19(10(2)3)9-6-8-15/h10H,5-7,9H2,1-4H3,(H2,16,17,18). The first-order chi connectivity index (χ1) is 9.01. The van der Waals surface area contributed by atoms with Crippen molar-refractivity contribution >= 4 is 11.6 Å². The number of aryl methyl sites for hydroxylation is 1. The highest BCUT2D eigenvalue weighted by Gasteiger charge is 2.17. The molecular weight excluding hydrogens is 238 g/mol. The van der Waals surface area contributed by atoms with Crippen molar-refractivity contribution in [2.24, 2.45) is 0 Å². The molecule has 0 aliphatic carbocycles. The van der Waals surface area contributed by atoms with E-state index in [2.05, 4.69) is 41.7 Å². The van der Waals surface area contributed by atoms with Gasteiger partial charge in [-0.05, 0) is 27.2 Å². The van der Waals surface area contributed by atoms with E-state index in [4.69, 9.17) is 11.0 Å². The lowest BCUT2D eigenvalue weighted by atomic mass is 10.2. The number of nitrogen functional groups attached to an aromatic ring is 1. The van der Waals surface area contributed by atoms with Crippen molar-refractivity contribution in [2.75, 3.05) is 17.2 Å². The van der Waals surface area contributed by atoms with Crippen LogP contribution in [0.25, 0.3) is 0 Å². The number of aromatic nitrogens is 2. The molecule has 0 spiro atoms. The third-order valence-corrected chi connectivity index (χ3v) is 3.04. The number of nitrogens with zero attached hydrogens (tertiary/aromatic N) is 4. The molecule has 0 saturated carbocycles. The zero-order chi connectivity index (χ0) is 14.4. The van der Waals surface area contributed by atoms with Crippen LogP contribution in [0.4, 0.5) is 11.6 Å². The van der Waals surface area contributed by atoms with Crippen LogP contribution in [0.3, 0.4) is 0 Å². The molecule has 5 nitrogen and oxygen atoms in total. The zero-order valence-corrected chi connectivity index (χ0v) is 12.3. The molecule has 0 radical (unpaired) electrons. The van der Waals surface area contributed by atoms with Crippen LogP contribution in [0.5, 0.6) is 0 Å². The molecule has 0 aliphatic heterocycles. The molecule has 0 atom stereocenters. The van der Waals surface area contributed by atoms with E-state index in [1.165, 1.54) is 0 Å². The van der Waals surface area contributed by atoms with Gasteiger partial charge in [0.25, 0.3) is 0 Å². The summed E-state index contributed by atoms with van der Waals surface area (Å²) in [5.74, 6) is 2.18. The highest BCUT2D eigenvalue weighted by molar-refractivity contribution is 5.57. The van der Waals surface area contributed by atoms with Crippen LogP contribution in [0, 0.1) is 18.3 Å². The molecule has 1 aromatic heterocycles. The Balaban J connectivity index is 3.17. The zero-order valence-electron chi connectivity index (χ0n) is 12.3. The maximum atomic E-state index is 8.77. The van der Waals surface area contributed by atoms with Gasteiger partial charge in [-0.2, -0.15) is 5.26 Å². The molecule has 0 saturated heterocycles. The second-order valence-corrected chi connectivity index (χ2v) is 4.92. The Morgan fingerprint density at radius 1 is 1.37 bits per heavy atom. The van der Waals surface area contributed by atoms with Gasteiger partial charge in [0.1, 0.15) is 17.5 Å². The molecular formula is C14H23N5. The SMILES string of the molecule is CCCc1nc(N)c(C)c(N(CCC#N)C(C)C)n1. The van der Waals surface area contributed by atoms with Crippen LogP contribution in [0.15, 0.2) is 0 Å². The van der Waals surface area contributed by atoms with E-state index in [-0.39, 0.29) is 6.04 Å². The monoisotopic (exact) mass is 261 g/mol. The summed E-state index contributed by atoms with van der Waals surface area (Å²) in [6.45, 7) is 8.87. The summed E-state index contributed by atoms with van der Waals surface area (Å²) in [5, 5.41) is 8.77. The predicted molar refractivity (Wildman–Crippen MR) is 77.9 cm³/mol. The van der Waals surface area contributed by atoms with Gasteiger partial charge in [0.15, 0.2) is 0 Å². The van der Waals surface area contributed by atoms with E-state index in [9.17, 15) is 0 Å². The minimum atomic E-state index is 0.274. The Kier molecular flexibility index (Phi) is 5.56. The Morgan fingerprint density at radius 3 is 2.58 bits per heavy atom. The van der Waals surface area contributed by atoms with Crippen molar-refractivity contribution in [2.45, 2.75) is 53.0 Å². The smallest absolute Gasteiger partial charge is 0.137 e. The third-order valence-electron chi connectivity index (χ3n) is 3.04. The van der Waals surface area contributed by atoms with Gasteiger partial charge in [0, 0.05) is 24.6 Å². The molecule has 5 heteroatoms. The van der Waals surface area contributed by atoms with Crippen LogP contribution < -0.4 is 10.6 Å². The normalized spacial score (nSPS) is 10.5. The molecule has 0 unspecified atom stereocenters. The van der Waals surface area contributed by atoms with Crippen molar-refractivity contribution in [1.82, 2.24) is 9.97 Å². The summed E-state index contributed by atoms with van der Waals surface area (Å²) in [4.78, 5) is 11.1. The summed E-state index contributed by atoms with van der Waals surface area (Å²) >= 11 is 0. The van der Waals surface area contributed by atoms with E-state index in [0.717, 1.165) is 30.0 Å². The summed E-state index contributed by atoms with van der Waals surface area (Å²) < 4.78 is 0. The number of nitriles is 1. The van der Waals surface area contributed by atoms with Crippen molar-refractivity contribution in [3.05, 3.63) is 11.4 Å². The number of anilines is 2. The fourth-order valence-corrected chi connectivity index (χ4v) is 1.96. The Hall–Kier alpha value is -1.83. The van der Waals surface area contributed by atoms with Gasteiger partial charge in [-0.25, -0.2) is 9.97 Å². The molecule has 1 heterocycles. The van der Waals surface area contributed by atoms with Gasteiger partial charge in [0.2, 0.25) is 0 Å². The minimum Gasteiger partial charge on any atom is -0.383 e. The lowest BCUT2D eigenvalue weighted by Crippen LogP contribution is -2.33. The van der Waals surface area contributed by atoms with Crippen molar-refractivity contribution < 1.29 is 0 Å². The van der Waals surface area contributed by atoms with Crippen molar-refractivity contribution in [3.63, 3.8) is 0 Å². The highest BCUT2D eigenvalue weighted by Crippen LogP contribution is 2.24. The molecule has 1 rings (SSSR count). The maximum absolute atomic E-state index is 8.77. The highest BCUT2D eigenvalue weighted by atomic mass is 15.2. The molecule has 0 fully saturated rings. The Labute approximate surface area is 115 Å². The quantitative estimate of drug-likeness (QED) is 0.851. The van der Waals surface area contributed by atoms with Crippen LogP contribution in [0.1, 0.15) is 45.0 Å². The molecule has 0 aromatic carbocycles. The number of hydrogen-bond donors (Lipinski definition) is 1. The molecule has 0 bridgehead atoms. The number of nitrogens with two attached hydrogens (primary N) is 1. The third kappa shape index (κ3) is 3.82. The molecule has 19 heavy (non-hydrogen) atoms. The van der Waals surface area contributed by atoms with Crippen molar-refractivity contribution in [3.8, 4) is 6.07 Å². The first-order valence-corrected chi connectivity index (χ1v) is 6.77. The van der Waals surface area contributed by atoms with Crippen LogP contribution in [-0.2, 0) is 6.42 Å². The van der Waals surface area contributed by atoms with E-state index in [1.807, 2.05) is 6.92 Å². The van der Waals surface area contributed by atoms with Crippen LogP contribution >= 0.6 is 0 Å². The van der Waals surface area contributed by atoms with E-state index >= 15 is 0 Å². The lowest BCUT2D eigenvalue weighted by Gasteiger charge is -2.29. The fourth-order valence-electron chi connectivity index (χ4n) is 1.96. The summed E-state index contributed by atoms with van der Waals surface area (Å²) in [7, 11) is 0. The minimum absolute atomic E-state index is 0.274. The van der Waals surface area contributed by atoms with Gasteiger partial charge in [-0.15, -0.1) is 0 Å². The molecule has 0 amide bonds. The van der Waals surface area contributed by atoms with Crippen LogP contribution in [0.2, 0.25) is 0 Å². The number of rotatable bonds is 6. The molecule has 0 aliphatic rings. The molecule has 1 aromatic rings. The van der Waals surface area contributed by atoms with Crippen molar-refractivity contribution in [1.29, 1.82) is 5.26 Å². The average Bonchev–Trinajstić information content (AvgIpc) is 2.35. The maximum Gasteiger partial charge on any atom is 0.137 e. The van der Waals surface area contributed by atoms with Crippen LogP contribution in [-0.4, -0.2) is 22.6 Å². The Morgan fingerprint density at radius 2 is 2.05 bits per heavy atom. The summed E-state index contributed by atoms with van der Waals surface area (Å²) in [5.41, 5.74) is 6.87. The molecule has 2 N–H and O–H groups in total. The van der Waals surface area contributed by atoms with Gasteiger partial charge < -0.3 is 10.6 Å². The van der Waals surface area contributed by atoms with Gasteiger partial charge >= 0.3 is 0 Å². The fraction of sp³-hybridized carbons (Fsp3) is 0.643. The first kappa shape index (κ1) is 15.2. The predicted octanol–water partition coefficient (Wildman–Crippen LogP) is 2.45. The van der Waals surface area contributed by atoms with E-state index in [0.29, 0.717) is 18.8 Å². The Bertz CT molecular complexity index is 462.